The number of benzene rings is 1. The average molecular weight is 356 g/mol. The molecule has 5 nitrogen and oxygen atoms in total. The van der Waals surface area contributed by atoms with Crippen LogP contribution in [0, 0.1) is 5.82 Å². The molecule has 138 valence electrons. The first-order valence-corrected chi connectivity index (χ1v) is 8.70. The van der Waals surface area contributed by atoms with Crippen molar-refractivity contribution in [2.24, 2.45) is 5.73 Å². The van der Waals surface area contributed by atoms with E-state index < -0.39 is 0 Å². The normalized spacial score (nSPS) is 11.6. The number of nitrogens with one attached hydrogen (secondary N) is 1. The summed E-state index contributed by atoms with van der Waals surface area (Å²) >= 11 is 0. The maximum atomic E-state index is 13.2. The maximum absolute atomic E-state index is 13.2. The summed E-state index contributed by atoms with van der Waals surface area (Å²) in [5.74, 6) is -0.281. The highest BCUT2D eigenvalue weighted by atomic mass is 19.1. The van der Waals surface area contributed by atoms with E-state index in [1.54, 1.807) is 31.6 Å². The highest BCUT2D eigenvalue weighted by Crippen LogP contribution is 2.35. The van der Waals surface area contributed by atoms with Gasteiger partial charge in [-0.25, -0.2) is 4.39 Å². The number of halogens is 1. The first-order chi connectivity index (χ1) is 12.7. The lowest BCUT2D eigenvalue weighted by atomic mass is 9.96. The van der Waals surface area contributed by atoms with E-state index in [0.717, 1.165) is 28.1 Å². The Bertz CT molecular complexity index is 787. The van der Waals surface area contributed by atoms with E-state index in [9.17, 15) is 4.39 Å². The molecule has 6 heteroatoms. The van der Waals surface area contributed by atoms with E-state index >= 15 is 0 Å². The third-order valence-corrected chi connectivity index (χ3v) is 3.88. The molecular formula is C20H25FN4O. The Morgan fingerprint density at radius 3 is 2.35 bits per heavy atom. The summed E-state index contributed by atoms with van der Waals surface area (Å²) < 4.78 is 18.3. The van der Waals surface area contributed by atoms with E-state index in [2.05, 4.69) is 15.2 Å². The van der Waals surface area contributed by atoms with Gasteiger partial charge < -0.3 is 10.5 Å². The monoisotopic (exact) mass is 356 g/mol. The molecule has 0 aliphatic carbocycles. The second-order valence-corrected chi connectivity index (χ2v) is 5.49. The first-order valence-electron chi connectivity index (χ1n) is 8.70. The van der Waals surface area contributed by atoms with E-state index in [1.807, 2.05) is 26.0 Å². The number of H-pyrrole nitrogens is 1. The standard InChI is InChI=1S/C18H19FN4O.C2H6/c1-24-11-8-15(20)18-16(12-6-9-21-10-7-12)17(22-23-18)13-2-4-14(19)5-3-13;1-2/h2-7,9-10,15H,8,11,20H2,1H3,(H,22,23);1-2H3. The fourth-order valence-electron chi connectivity index (χ4n) is 2.64. The van der Waals surface area contributed by atoms with Crippen molar-refractivity contribution >= 4 is 0 Å². The lowest BCUT2D eigenvalue weighted by molar-refractivity contribution is 0.187. The van der Waals surface area contributed by atoms with Gasteiger partial charge in [-0.1, -0.05) is 13.8 Å². The zero-order valence-corrected chi connectivity index (χ0v) is 15.4. The van der Waals surface area contributed by atoms with Crippen molar-refractivity contribution in [1.29, 1.82) is 0 Å². The number of aromatic amines is 1. The third kappa shape index (κ3) is 4.53. The minimum absolute atomic E-state index is 0.241. The number of methoxy groups -OCH3 is 1. The van der Waals surface area contributed by atoms with Gasteiger partial charge in [0.25, 0.3) is 0 Å². The molecule has 2 aromatic heterocycles. The molecule has 0 spiro atoms. The van der Waals surface area contributed by atoms with Crippen molar-refractivity contribution in [2.75, 3.05) is 13.7 Å². The molecule has 0 aliphatic rings. The molecular weight excluding hydrogens is 331 g/mol. The molecule has 0 amide bonds. The topological polar surface area (TPSA) is 76.8 Å². The van der Waals surface area contributed by atoms with Crippen LogP contribution in [0.15, 0.2) is 48.8 Å². The Morgan fingerprint density at radius 1 is 1.08 bits per heavy atom. The molecule has 0 radical (unpaired) electrons. The lowest BCUT2D eigenvalue weighted by Crippen LogP contribution is -2.14. The van der Waals surface area contributed by atoms with Crippen molar-refractivity contribution < 1.29 is 9.13 Å². The third-order valence-electron chi connectivity index (χ3n) is 3.88. The number of rotatable bonds is 6. The van der Waals surface area contributed by atoms with Crippen LogP contribution in [0.25, 0.3) is 22.4 Å². The van der Waals surface area contributed by atoms with Crippen LogP contribution < -0.4 is 5.73 Å². The summed E-state index contributed by atoms with van der Waals surface area (Å²) in [6.45, 7) is 4.56. The van der Waals surface area contributed by atoms with Crippen LogP contribution >= 0.6 is 0 Å². The molecule has 26 heavy (non-hydrogen) atoms. The van der Waals surface area contributed by atoms with Gasteiger partial charge in [-0.3, -0.25) is 10.1 Å². The Balaban J connectivity index is 0.00000117. The summed E-state index contributed by atoms with van der Waals surface area (Å²) in [7, 11) is 1.65. The molecule has 1 atom stereocenters. The predicted molar refractivity (Wildman–Crippen MR) is 102 cm³/mol. The number of hydrogen-bond donors (Lipinski definition) is 2. The van der Waals surface area contributed by atoms with Gasteiger partial charge >= 0.3 is 0 Å². The molecule has 1 unspecified atom stereocenters. The molecule has 3 N–H and O–H groups in total. The van der Waals surface area contributed by atoms with Crippen LogP contribution in [0.5, 0.6) is 0 Å². The van der Waals surface area contributed by atoms with Crippen molar-refractivity contribution in [3.8, 4) is 22.4 Å². The molecule has 2 heterocycles. The zero-order valence-electron chi connectivity index (χ0n) is 15.4. The Kier molecular flexibility index (Phi) is 7.44. The molecule has 0 bridgehead atoms. The highest BCUT2D eigenvalue weighted by molar-refractivity contribution is 5.82. The SMILES string of the molecule is CC.COCCC(N)c1[nH]nc(-c2ccc(F)cc2)c1-c1ccncc1. The fraction of sp³-hybridized carbons (Fsp3) is 0.300. The summed E-state index contributed by atoms with van der Waals surface area (Å²) in [6, 6.07) is 9.83. The molecule has 0 fully saturated rings. The van der Waals surface area contributed by atoms with E-state index in [1.165, 1.54) is 12.1 Å². The second-order valence-electron chi connectivity index (χ2n) is 5.49. The smallest absolute Gasteiger partial charge is 0.123 e. The predicted octanol–water partition coefficient (Wildman–Crippen LogP) is 4.34. The molecule has 0 saturated carbocycles. The largest absolute Gasteiger partial charge is 0.385 e. The minimum Gasteiger partial charge on any atom is -0.385 e. The molecule has 0 saturated heterocycles. The van der Waals surface area contributed by atoms with Gasteiger partial charge in [-0.15, -0.1) is 0 Å². The Labute approximate surface area is 153 Å². The van der Waals surface area contributed by atoms with Crippen LogP contribution in [0.1, 0.15) is 32.0 Å². The minimum atomic E-state index is -0.281. The van der Waals surface area contributed by atoms with Gasteiger partial charge in [0, 0.05) is 43.3 Å². The second kappa shape index (κ2) is 9.79. The summed E-state index contributed by atoms with van der Waals surface area (Å²) in [5.41, 5.74) is 10.6. The maximum Gasteiger partial charge on any atom is 0.123 e. The van der Waals surface area contributed by atoms with Gasteiger partial charge in [0.05, 0.1) is 5.69 Å². The van der Waals surface area contributed by atoms with Crippen LogP contribution in [0.2, 0.25) is 0 Å². The Morgan fingerprint density at radius 2 is 1.73 bits per heavy atom. The number of nitrogens with two attached hydrogens (primary N) is 1. The number of nitrogens with zero attached hydrogens (tertiary/aromatic N) is 2. The molecule has 3 aromatic rings. The number of hydrogen-bond acceptors (Lipinski definition) is 4. The fourth-order valence-corrected chi connectivity index (χ4v) is 2.64. The number of pyridine rings is 1. The molecule has 0 aliphatic heterocycles. The molecule has 1 aromatic carbocycles. The van der Waals surface area contributed by atoms with Crippen LogP contribution in [-0.2, 0) is 4.74 Å². The molecule has 3 rings (SSSR count). The first kappa shape index (κ1) is 19.8. The Hall–Kier alpha value is -2.57. The van der Waals surface area contributed by atoms with Crippen molar-refractivity contribution in [3.05, 3.63) is 60.3 Å². The number of aromatic nitrogens is 3. The van der Waals surface area contributed by atoms with E-state index in [-0.39, 0.29) is 11.9 Å². The van der Waals surface area contributed by atoms with Gasteiger partial charge in [0.2, 0.25) is 0 Å². The lowest BCUT2D eigenvalue weighted by Gasteiger charge is -2.12. The van der Waals surface area contributed by atoms with Gasteiger partial charge in [0.1, 0.15) is 11.5 Å². The van der Waals surface area contributed by atoms with Gasteiger partial charge in [-0.05, 0) is 48.4 Å². The van der Waals surface area contributed by atoms with E-state index in [0.29, 0.717) is 13.0 Å². The van der Waals surface area contributed by atoms with Crippen LogP contribution in [0.3, 0.4) is 0 Å². The summed E-state index contributed by atoms with van der Waals surface area (Å²) in [4.78, 5) is 4.06. The van der Waals surface area contributed by atoms with Gasteiger partial charge in [0.15, 0.2) is 0 Å². The summed E-state index contributed by atoms with van der Waals surface area (Å²) in [5, 5.41) is 7.48. The van der Waals surface area contributed by atoms with Crippen molar-refractivity contribution in [1.82, 2.24) is 15.2 Å². The number of ether oxygens (including phenoxy) is 1. The summed E-state index contributed by atoms with van der Waals surface area (Å²) in [6.07, 6.45) is 4.11. The zero-order chi connectivity index (χ0) is 18.9. The van der Waals surface area contributed by atoms with E-state index in [4.69, 9.17) is 10.5 Å². The quantitative estimate of drug-likeness (QED) is 0.689. The highest BCUT2D eigenvalue weighted by Gasteiger charge is 2.21. The van der Waals surface area contributed by atoms with Crippen LogP contribution in [0.4, 0.5) is 4.39 Å². The average Bonchev–Trinajstić information content (AvgIpc) is 3.14. The van der Waals surface area contributed by atoms with Crippen molar-refractivity contribution in [2.45, 2.75) is 26.3 Å². The van der Waals surface area contributed by atoms with Gasteiger partial charge in [-0.2, -0.15) is 5.10 Å². The van der Waals surface area contributed by atoms with Crippen molar-refractivity contribution in [3.63, 3.8) is 0 Å². The van der Waals surface area contributed by atoms with Crippen LogP contribution in [-0.4, -0.2) is 28.9 Å².